The van der Waals surface area contributed by atoms with Gasteiger partial charge in [-0.25, -0.2) is 0 Å². The molecule has 1 N–H and O–H groups in total. The minimum atomic E-state index is -0.435. The third-order valence-corrected chi connectivity index (χ3v) is 3.07. The third kappa shape index (κ3) is 4.22. The summed E-state index contributed by atoms with van der Waals surface area (Å²) in [5.74, 6) is 0.365. The Kier molecular flexibility index (Phi) is 5.49. The Balaban J connectivity index is 2.96. The second kappa shape index (κ2) is 6.88. The number of rotatable bonds is 6. The maximum Gasteiger partial charge on any atom is 0.294 e. The van der Waals surface area contributed by atoms with Crippen LogP contribution in [-0.4, -0.2) is 24.4 Å². The van der Waals surface area contributed by atoms with E-state index in [1.165, 1.54) is 17.9 Å². The highest BCUT2D eigenvalue weighted by Crippen LogP contribution is 2.29. The summed E-state index contributed by atoms with van der Waals surface area (Å²) in [6.07, 6.45) is 0.937. The Labute approximate surface area is 118 Å². The van der Waals surface area contributed by atoms with Gasteiger partial charge >= 0.3 is 0 Å². The van der Waals surface area contributed by atoms with Crippen LogP contribution in [0.1, 0.15) is 27.2 Å². The first-order valence-corrected chi connectivity index (χ1v) is 6.59. The summed E-state index contributed by atoms with van der Waals surface area (Å²) >= 11 is 0. The molecule has 0 bridgehead atoms. The lowest BCUT2D eigenvalue weighted by Crippen LogP contribution is -2.22. The van der Waals surface area contributed by atoms with Gasteiger partial charge in [-0.3, -0.25) is 14.9 Å². The smallest absolute Gasteiger partial charge is 0.294 e. The van der Waals surface area contributed by atoms with Gasteiger partial charge in [0.15, 0.2) is 0 Å². The van der Waals surface area contributed by atoms with E-state index in [1.54, 1.807) is 19.2 Å². The van der Waals surface area contributed by atoms with Crippen LogP contribution in [0.2, 0.25) is 0 Å². The summed E-state index contributed by atoms with van der Waals surface area (Å²) in [4.78, 5) is 23.4. The predicted octanol–water partition coefficient (Wildman–Crippen LogP) is 3.04. The summed E-state index contributed by atoms with van der Waals surface area (Å²) in [6, 6.07) is 4.76. The zero-order valence-corrected chi connectivity index (χ0v) is 12.3. The van der Waals surface area contributed by atoms with Crippen LogP contribution in [0.4, 0.5) is 17.1 Å². The van der Waals surface area contributed by atoms with Crippen molar-refractivity contribution in [3.8, 4) is 0 Å². The zero-order chi connectivity index (χ0) is 15.3. The van der Waals surface area contributed by atoms with E-state index in [-0.39, 0.29) is 11.6 Å². The monoisotopic (exact) mass is 279 g/mol. The van der Waals surface area contributed by atoms with Crippen molar-refractivity contribution in [2.24, 2.45) is 5.92 Å². The van der Waals surface area contributed by atoms with Crippen molar-refractivity contribution in [3.05, 3.63) is 28.3 Å². The lowest BCUT2D eigenvalue weighted by atomic mass is 10.1. The van der Waals surface area contributed by atoms with E-state index < -0.39 is 4.92 Å². The fourth-order valence-electron chi connectivity index (χ4n) is 1.71. The molecule has 110 valence electrons. The number of nitro groups is 1. The van der Waals surface area contributed by atoms with E-state index in [4.69, 9.17) is 0 Å². The molecule has 0 fully saturated rings. The molecule has 0 radical (unpaired) electrons. The van der Waals surface area contributed by atoms with Gasteiger partial charge in [-0.05, 0) is 24.5 Å². The maximum absolute atomic E-state index is 11.3. The first-order valence-electron chi connectivity index (χ1n) is 6.59. The van der Waals surface area contributed by atoms with Crippen molar-refractivity contribution in [1.82, 2.24) is 0 Å². The molecule has 1 aromatic carbocycles. The van der Waals surface area contributed by atoms with Gasteiger partial charge in [-0.2, -0.15) is 0 Å². The number of carbonyl (C=O) groups is 1. The standard InChI is InChI=1S/C14H21N3O3/c1-10(2)7-8-15-13-6-5-12(16(4)11(3)18)9-14(13)17(19)20/h5-6,9-10,15H,7-8H2,1-4H3. The second-order valence-electron chi connectivity index (χ2n) is 5.15. The number of hydrogen-bond acceptors (Lipinski definition) is 4. The molecule has 0 saturated heterocycles. The van der Waals surface area contributed by atoms with Crippen molar-refractivity contribution in [1.29, 1.82) is 0 Å². The Morgan fingerprint density at radius 3 is 2.60 bits per heavy atom. The lowest BCUT2D eigenvalue weighted by Gasteiger charge is -2.16. The number of nitrogens with one attached hydrogen (secondary N) is 1. The topological polar surface area (TPSA) is 75.5 Å². The van der Waals surface area contributed by atoms with Crippen LogP contribution in [-0.2, 0) is 4.79 Å². The fourth-order valence-corrected chi connectivity index (χ4v) is 1.71. The summed E-state index contributed by atoms with van der Waals surface area (Å²) in [5, 5.41) is 14.2. The van der Waals surface area contributed by atoms with Gasteiger partial charge in [0, 0.05) is 26.6 Å². The molecule has 1 amide bonds. The molecule has 0 spiro atoms. The summed E-state index contributed by atoms with van der Waals surface area (Å²) < 4.78 is 0. The first kappa shape index (κ1) is 15.9. The number of carbonyl (C=O) groups excluding carboxylic acids is 1. The van der Waals surface area contributed by atoms with E-state index >= 15 is 0 Å². The SMILES string of the molecule is CC(=O)N(C)c1ccc(NCCC(C)C)c([N+](=O)[O-])c1. The van der Waals surface area contributed by atoms with Crippen LogP contribution >= 0.6 is 0 Å². The van der Waals surface area contributed by atoms with Crippen molar-refractivity contribution >= 4 is 23.0 Å². The van der Waals surface area contributed by atoms with Crippen LogP contribution in [0.15, 0.2) is 18.2 Å². The van der Waals surface area contributed by atoms with E-state index in [0.29, 0.717) is 23.8 Å². The average molecular weight is 279 g/mol. The molecule has 6 nitrogen and oxygen atoms in total. The molecule has 0 unspecified atom stereocenters. The molecule has 6 heteroatoms. The van der Waals surface area contributed by atoms with Crippen molar-refractivity contribution in [2.75, 3.05) is 23.8 Å². The molecule has 0 saturated carbocycles. The van der Waals surface area contributed by atoms with Gasteiger partial charge in [0.05, 0.1) is 10.6 Å². The molecular weight excluding hydrogens is 258 g/mol. The Hall–Kier alpha value is -2.11. The zero-order valence-electron chi connectivity index (χ0n) is 12.3. The third-order valence-electron chi connectivity index (χ3n) is 3.07. The van der Waals surface area contributed by atoms with E-state index in [2.05, 4.69) is 19.2 Å². The average Bonchev–Trinajstić information content (AvgIpc) is 2.37. The molecule has 0 aliphatic heterocycles. The molecule has 0 aliphatic rings. The van der Waals surface area contributed by atoms with Crippen LogP contribution < -0.4 is 10.2 Å². The Bertz CT molecular complexity index is 500. The number of amides is 1. The first-order chi connectivity index (χ1) is 9.32. The molecule has 0 aromatic heterocycles. The minimum absolute atomic E-state index is 0.0145. The normalized spacial score (nSPS) is 10.4. The molecular formula is C14H21N3O3. The van der Waals surface area contributed by atoms with Crippen molar-refractivity contribution in [3.63, 3.8) is 0 Å². The van der Waals surface area contributed by atoms with E-state index in [1.807, 2.05) is 0 Å². The molecule has 0 aliphatic carbocycles. The van der Waals surface area contributed by atoms with Crippen LogP contribution in [0.25, 0.3) is 0 Å². The Morgan fingerprint density at radius 2 is 2.10 bits per heavy atom. The lowest BCUT2D eigenvalue weighted by molar-refractivity contribution is -0.383. The molecule has 1 aromatic rings. The molecule has 0 atom stereocenters. The van der Waals surface area contributed by atoms with E-state index in [9.17, 15) is 14.9 Å². The molecule has 20 heavy (non-hydrogen) atoms. The number of nitro benzene ring substituents is 1. The van der Waals surface area contributed by atoms with Gasteiger partial charge in [0.1, 0.15) is 5.69 Å². The summed E-state index contributed by atoms with van der Waals surface area (Å²) in [6.45, 7) is 6.29. The van der Waals surface area contributed by atoms with Crippen LogP contribution in [0, 0.1) is 16.0 Å². The molecule has 1 rings (SSSR count). The highest BCUT2D eigenvalue weighted by molar-refractivity contribution is 5.91. The highest BCUT2D eigenvalue weighted by Gasteiger charge is 2.17. The Morgan fingerprint density at radius 1 is 1.45 bits per heavy atom. The number of anilines is 2. The summed E-state index contributed by atoms with van der Waals surface area (Å²) in [7, 11) is 1.59. The highest BCUT2D eigenvalue weighted by atomic mass is 16.6. The van der Waals surface area contributed by atoms with Crippen molar-refractivity contribution in [2.45, 2.75) is 27.2 Å². The number of hydrogen-bond donors (Lipinski definition) is 1. The quantitative estimate of drug-likeness (QED) is 0.641. The van der Waals surface area contributed by atoms with Gasteiger partial charge in [0.2, 0.25) is 5.91 Å². The van der Waals surface area contributed by atoms with Crippen LogP contribution in [0.3, 0.4) is 0 Å². The van der Waals surface area contributed by atoms with Crippen LogP contribution in [0.5, 0.6) is 0 Å². The fraction of sp³-hybridized carbons (Fsp3) is 0.500. The number of nitrogens with zero attached hydrogens (tertiary/aromatic N) is 2. The van der Waals surface area contributed by atoms with Gasteiger partial charge < -0.3 is 10.2 Å². The van der Waals surface area contributed by atoms with E-state index in [0.717, 1.165) is 6.42 Å². The second-order valence-corrected chi connectivity index (χ2v) is 5.15. The van der Waals surface area contributed by atoms with Gasteiger partial charge in [0.25, 0.3) is 5.69 Å². The minimum Gasteiger partial charge on any atom is -0.379 e. The predicted molar refractivity (Wildman–Crippen MR) is 80.1 cm³/mol. The van der Waals surface area contributed by atoms with Crippen molar-refractivity contribution < 1.29 is 9.72 Å². The van der Waals surface area contributed by atoms with Gasteiger partial charge in [-0.1, -0.05) is 13.8 Å². The van der Waals surface area contributed by atoms with Gasteiger partial charge in [-0.15, -0.1) is 0 Å². The molecule has 0 heterocycles. The largest absolute Gasteiger partial charge is 0.379 e. The number of benzene rings is 1. The summed E-state index contributed by atoms with van der Waals surface area (Å²) in [5.41, 5.74) is 0.981. The maximum atomic E-state index is 11.3.